The molecule has 1 aromatic carbocycles. The number of aromatic nitrogens is 1. The summed E-state index contributed by atoms with van der Waals surface area (Å²) in [6, 6.07) is 5.91. The van der Waals surface area contributed by atoms with Crippen LogP contribution in [0.4, 0.5) is 17.1 Å². The van der Waals surface area contributed by atoms with Gasteiger partial charge in [0.25, 0.3) is 17.1 Å². The first-order valence-corrected chi connectivity index (χ1v) is 5.68. The van der Waals surface area contributed by atoms with Crippen molar-refractivity contribution in [1.82, 2.24) is 0 Å². The van der Waals surface area contributed by atoms with Crippen molar-refractivity contribution in [1.29, 1.82) is 0 Å². The van der Waals surface area contributed by atoms with Gasteiger partial charge in [-0.15, -0.1) is 0 Å². The first kappa shape index (κ1) is 17.2. The Morgan fingerprint density at radius 2 is 1.43 bits per heavy atom. The Bertz CT molecular complexity index is 714. The SMILES string of the molecule is O=[N+]([O-])c1cc([N+](=O)[O-])c([O-])c([N+](=O)[O-])c1.Oc1cccc[nH+]1. The molecule has 0 spiro atoms. The summed E-state index contributed by atoms with van der Waals surface area (Å²) in [7, 11) is 0. The topological polar surface area (TPSA) is 187 Å². The Hall–Kier alpha value is -3.83. The zero-order chi connectivity index (χ0) is 17.6. The van der Waals surface area contributed by atoms with E-state index in [1.165, 1.54) is 0 Å². The highest BCUT2D eigenvalue weighted by Crippen LogP contribution is 2.36. The van der Waals surface area contributed by atoms with Gasteiger partial charge in [-0.1, -0.05) is 0 Å². The zero-order valence-corrected chi connectivity index (χ0v) is 11.1. The molecule has 2 rings (SSSR count). The lowest BCUT2D eigenvalue weighted by Crippen LogP contribution is -2.04. The number of nitrogens with one attached hydrogen (secondary N) is 1. The van der Waals surface area contributed by atoms with E-state index in [2.05, 4.69) is 4.98 Å². The third kappa shape index (κ3) is 4.59. The van der Waals surface area contributed by atoms with E-state index in [1.807, 2.05) is 0 Å². The van der Waals surface area contributed by atoms with Crippen LogP contribution >= 0.6 is 0 Å². The fourth-order valence-corrected chi connectivity index (χ4v) is 1.34. The van der Waals surface area contributed by atoms with Gasteiger partial charge < -0.3 is 10.2 Å². The van der Waals surface area contributed by atoms with E-state index in [0.717, 1.165) is 0 Å². The molecular formula is C11H8N4O8. The number of hydrogen-bond donors (Lipinski definition) is 1. The number of nitro benzene ring substituents is 3. The maximum absolute atomic E-state index is 11.1. The van der Waals surface area contributed by atoms with Crippen molar-refractivity contribution in [2.24, 2.45) is 0 Å². The summed E-state index contributed by atoms with van der Waals surface area (Å²) in [4.78, 5) is 30.1. The van der Waals surface area contributed by atoms with Crippen molar-refractivity contribution in [2.75, 3.05) is 0 Å². The Morgan fingerprint density at radius 1 is 0.913 bits per heavy atom. The number of aromatic hydroxyl groups is 1. The monoisotopic (exact) mass is 324 g/mol. The Labute approximate surface area is 126 Å². The molecule has 0 saturated carbocycles. The van der Waals surface area contributed by atoms with Crippen LogP contribution in [0, 0.1) is 30.3 Å². The fraction of sp³-hybridized carbons (Fsp3) is 0. The third-order valence-corrected chi connectivity index (χ3v) is 2.33. The first-order chi connectivity index (χ1) is 10.7. The quantitative estimate of drug-likeness (QED) is 0.630. The highest BCUT2D eigenvalue weighted by Gasteiger charge is 2.24. The Kier molecular flexibility index (Phi) is 5.43. The second-order valence-electron chi connectivity index (χ2n) is 3.83. The third-order valence-electron chi connectivity index (χ3n) is 2.33. The van der Waals surface area contributed by atoms with E-state index in [0.29, 0.717) is 12.1 Å². The van der Waals surface area contributed by atoms with Gasteiger partial charge in [-0.05, 0) is 6.07 Å². The molecule has 0 aliphatic rings. The number of nitro groups is 3. The van der Waals surface area contributed by atoms with Crippen LogP contribution in [0.1, 0.15) is 0 Å². The molecule has 2 aromatic rings. The number of benzene rings is 1. The predicted octanol–water partition coefficient (Wildman–Crippen LogP) is 0.691. The average molecular weight is 324 g/mol. The maximum atomic E-state index is 11.1. The van der Waals surface area contributed by atoms with E-state index in [4.69, 9.17) is 5.11 Å². The number of hydrogen-bond acceptors (Lipinski definition) is 8. The molecule has 0 fully saturated rings. The normalized spacial score (nSPS) is 9.39. The smallest absolute Gasteiger partial charge is 0.363 e. The van der Waals surface area contributed by atoms with Gasteiger partial charge in [0.15, 0.2) is 6.20 Å². The summed E-state index contributed by atoms with van der Waals surface area (Å²) in [6.45, 7) is 0. The molecule has 0 bridgehead atoms. The van der Waals surface area contributed by atoms with Crippen LogP contribution in [-0.4, -0.2) is 19.9 Å². The number of pyridine rings is 1. The molecule has 0 radical (unpaired) electrons. The molecule has 0 atom stereocenters. The molecule has 12 nitrogen and oxygen atoms in total. The molecule has 0 saturated heterocycles. The van der Waals surface area contributed by atoms with Crippen molar-refractivity contribution >= 4 is 17.1 Å². The average Bonchev–Trinajstić information content (AvgIpc) is 2.48. The number of non-ortho nitro benzene ring substituents is 1. The maximum Gasteiger partial charge on any atom is 0.363 e. The molecule has 120 valence electrons. The van der Waals surface area contributed by atoms with Gasteiger partial charge in [-0.3, -0.25) is 30.3 Å². The molecule has 0 aliphatic carbocycles. The second-order valence-corrected chi connectivity index (χ2v) is 3.83. The van der Waals surface area contributed by atoms with Gasteiger partial charge >= 0.3 is 5.88 Å². The van der Waals surface area contributed by atoms with Gasteiger partial charge in [0, 0.05) is 6.07 Å². The van der Waals surface area contributed by atoms with Crippen LogP contribution in [0.25, 0.3) is 0 Å². The van der Waals surface area contributed by atoms with E-state index < -0.39 is 37.6 Å². The molecule has 2 N–H and O–H groups in total. The van der Waals surface area contributed by atoms with Crippen LogP contribution in [0.2, 0.25) is 0 Å². The van der Waals surface area contributed by atoms with E-state index in [1.54, 1.807) is 24.4 Å². The number of aromatic amines is 1. The van der Waals surface area contributed by atoms with Crippen molar-refractivity contribution in [3.63, 3.8) is 0 Å². The molecule has 0 unspecified atom stereocenters. The van der Waals surface area contributed by atoms with E-state index in [9.17, 15) is 35.4 Å². The summed E-state index contributed by atoms with van der Waals surface area (Å²) in [5, 5.41) is 50.7. The largest absolute Gasteiger partial charge is 0.863 e. The fourth-order valence-electron chi connectivity index (χ4n) is 1.34. The summed E-state index contributed by atoms with van der Waals surface area (Å²) < 4.78 is 0. The van der Waals surface area contributed by atoms with Gasteiger partial charge in [0.2, 0.25) is 0 Å². The standard InChI is InChI=1S/C6H3N3O7.C5H5NO/c10-6-4(8(13)14)1-3(7(11)12)2-5(6)9(15)16;7-5-3-1-2-4-6-5/h1-2,10H;1-4H,(H,6,7). The van der Waals surface area contributed by atoms with Crippen LogP contribution in [-0.2, 0) is 0 Å². The van der Waals surface area contributed by atoms with Crippen molar-refractivity contribution in [3.8, 4) is 11.6 Å². The molecule has 0 amide bonds. The lowest BCUT2D eigenvalue weighted by Gasteiger charge is -2.06. The minimum Gasteiger partial charge on any atom is -0.863 e. The lowest BCUT2D eigenvalue weighted by molar-refractivity contribution is -0.420. The predicted molar refractivity (Wildman–Crippen MR) is 70.5 cm³/mol. The Morgan fingerprint density at radius 3 is 1.70 bits per heavy atom. The summed E-state index contributed by atoms with van der Waals surface area (Å²) in [5.74, 6) is -1.26. The van der Waals surface area contributed by atoms with E-state index in [-0.39, 0.29) is 5.88 Å². The number of H-pyrrole nitrogens is 1. The molecule has 23 heavy (non-hydrogen) atoms. The number of nitrogens with zero attached hydrogens (tertiary/aromatic N) is 3. The minimum atomic E-state index is -1.46. The zero-order valence-electron chi connectivity index (χ0n) is 11.1. The minimum absolute atomic E-state index is 0.197. The lowest BCUT2D eigenvalue weighted by atomic mass is 10.2. The van der Waals surface area contributed by atoms with Gasteiger partial charge in [0.05, 0.1) is 38.7 Å². The first-order valence-electron chi connectivity index (χ1n) is 5.68. The molecule has 1 heterocycles. The van der Waals surface area contributed by atoms with Crippen LogP contribution in [0.5, 0.6) is 11.6 Å². The molecule has 1 aromatic heterocycles. The molecular weight excluding hydrogens is 316 g/mol. The van der Waals surface area contributed by atoms with E-state index >= 15 is 0 Å². The van der Waals surface area contributed by atoms with Gasteiger partial charge in [-0.2, -0.15) is 4.98 Å². The van der Waals surface area contributed by atoms with Gasteiger partial charge in [0.1, 0.15) is 0 Å². The second kappa shape index (κ2) is 7.26. The molecule has 0 aliphatic heterocycles. The van der Waals surface area contributed by atoms with Crippen LogP contribution in [0.15, 0.2) is 36.5 Å². The summed E-state index contributed by atoms with van der Waals surface area (Å²) in [6.07, 6.45) is 1.66. The number of rotatable bonds is 3. The highest BCUT2D eigenvalue weighted by atomic mass is 16.6. The van der Waals surface area contributed by atoms with Crippen LogP contribution in [0.3, 0.4) is 0 Å². The summed E-state index contributed by atoms with van der Waals surface area (Å²) in [5.41, 5.74) is -3.26. The highest BCUT2D eigenvalue weighted by molar-refractivity contribution is 5.63. The van der Waals surface area contributed by atoms with Crippen molar-refractivity contribution < 1.29 is 30.0 Å². The van der Waals surface area contributed by atoms with Crippen molar-refractivity contribution in [3.05, 3.63) is 66.9 Å². The Balaban J connectivity index is 0.000000313. The molecule has 12 heteroatoms. The van der Waals surface area contributed by atoms with Crippen molar-refractivity contribution in [2.45, 2.75) is 0 Å². The van der Waals surface area contributed by atoms with Crippen LogP contribution < -0.4 is 10.1 Å². The summed E-state index contributed by atoms with van der Waals surface area (Å²) >= 11 is 0. The van der Waals surface area contributed by atoms with Gasteiger partial charge in [-0.25, -0.2) is 0 Å².